The van der Waals surface area contributed by atoms with Crippen molar-refractivity contribution in [3.63, 3.8) is 0 Å². The second-order valence-corrected chi connectivity index (χ2v) is 6.35. The predicted molar refractivity (Wildman–Crippen MR) is 72.8 cm³/mol. The molecule has 1 N–H and O–H groups in total. The largest absolute Gasteiger partial charge is 0.492 e. The topological polar surface area (TPSA) is 55.4 Å². The van der Waals surface area contributed by atoms with E-state index in [2.05, 4.69) is 4.72 Å². The molecule has 0 aliphatic rings. The van der Waals surface area contributed by atoms with Gasteiger partial charge in [0.15, 0.2) is 0 Å². The van der Waals surface area contributed by atoms with Crippen LogP contribution in [0.5, 0.6) is 5.75 Å². The van der Waals surface area contributed by atoms with Crippen molar-refractivity contribution in [2.75, 3.05) is 6.61 Å². The van der Waals surface area contributed by atoms with E-state index in [1.54, 1.807) is 33.8 Å². The molecule has 4 nitrogen and oxygen atoms in total. The van der Waals surface area contributed by atoms with Crippen molar-refractivity contribution in [2.45, 2.75) is 38.6 Å². The third kappa shape index (κ3) is 3.60. The van der Waals surface area contributed by atoms with Gasteiger partial charge in [0.1, 0.15) is 10.6 Å². The Hall–Kier alpha value is -0.780. The standard InChI is InChI=1S/C12H18ClNO3S/c1-5-17-11-6-9(4)10(13)7-12(11)18(15,16)14-8(2)3/h6-8,14H,5H2,1-4H3. The average Bonchev–Trinajstić information content (AvgIpc) is 2.21. The molecule has 1 aromatic rings. The highest BCUT2D eigenvalue weighted by Crippen LogP contribution is 2.30. The molecule has 102 valence electrons. The van der Waals surface area contributed by atoms with Crippen molar-refractivity contribution < 1.29 is 13.2 Å². The van der Waals surface area contributed by atoms with Crippen molar-refractivity contribution in [2.24, 2.45) is 0 Å². The zero-order valence-corrected chi connectivity index (χ0v) is 12.5. The first-order valence-electron chi connectivity index (χ1n) is 5.73. The lowest BCUT2D eigenvalue weighted by Crippen LogP contribution is -2.30. The summed E-state index contributed by atoms with van der Waals surface area (Å²) in [5.74, 6) is 0.326. The van der Waals surface area contributed by atoms with Crippen LogP contribution in [-0.4, -0.2) is 21.1 Å². The van der Waals surface area contributed by atoms with Gasteiger partial charge in [-0.15, -0.1) is 0 Å². The summed E-state index contributed by atoms with van der Waals surface area (Å²) in [6.45, 7) is 7.51. The molecule has 0 saturated heterocycles. The first kappa shape index (κ1) is 15.3. The second-order valence-electron chi connectivity index (χ2n) is 4.26. The van der Waals surface area contributed by atoms with Crippen LogP contribution >= 0.6 is 11.6 Å². The Bertz CT molecular complexity index is 526. The Labute approximate surface area is 113 Å². The molecule has 18 heavy (non-hydrogen) atoms. The van der Waals surface area contributed by atoms with E-state index in [0.29, 0.717) is 17.4 Å². The molecule has 0 atom stereocenters. The zero-order valence-electron chi connectivity index (χ0n) is 11.0. The van der Waals surface area contributed by atoms with Gasteiger partial charge in [-0.3, -0.25) is 0 Å². The lowest BCUT2D eigenvalue weighted by molar-refractivity contribution is 0.330. The van der Waals surface area contributed by atoms with Crippen LogP contribution in [0.4, 0.5) is 0 Å². The smallest absolute Gasteiger partial charge is 0.244 e. The number of nitrogens with one attached hydrogen (secondary N) is 1. The average molecular weight is 292 g/mol. The van der Waals surface area contributed by atoms with Gasteiger partial charge in [-0.2, -0.15) is 0 Å². The number of ether oxygens (including phenoxy) is 1. The first-order chi connectivity index (χ1) is 8.27. The van der Waals surface area contributed by atoms with Crippen LogP contribution in [-0.2, 0) is 10.0 Å². The van der Waals surface area contributed by atoms with Gasteiger partial charge >= 0.3 is 0 Å². The molecule has 0 spiro atoms. The van der Waals surface area contributed by atoms with Crippen LogP contribution < -0.4 is 9.46 Å². The predicted octanol–water partition coefficient (Wildman–Crippen LogP) is 2.73. The lowest BCUT2D eigenvalue weighted by atomic mass is 10.2. The van der Waals surface area contributed by atoms with E-state index in [9.17, 15) is 8.42 Å². The summed E-state index contributed by atoms with van der Waals surface area (Å²) < 4.78 is 32.2. The normalized spacial score (nSPS) is 11.9. The van der Waals surface area contributed by atoms with Gasteiger partial charge < -0.3 is 4.74 Å². The number of aryl methyl sites for hydroxylation is 1. The van der Waals surface area contributed by atoms with Crippen molar-refractivity contribution in [3.8, 4) is 5.75 Å². The van der Waals surface area contributed by atoms with Gasteiger partial charge in [-0.25, -0.2) is 13.1 Å². The van der Waals surface area contributed by atoms with Gasteiger partial charge in [0.2, 0.25) is 10.0 Å². The lowest BCUT2D eigenvalue weighted by Gasteiger charge is -2.15. The maximum Gasteiger partial charge on any atom is 0.244 e. The number of benzene rings is 1. The molecule has 0 radical (unpaired) electrons. The fraction of sp³-hybridized carbons (Fsp3) is 0.500. The fourth-order valence-electron chi connectivity index (χ4n) is 1.49. The van der Waals surface area contributed by atoms with Crippen molar-refractivity contribution in [1.82, 2.24) is 4.72 Å². The highest BCUT2D eigenvalue weighted by molar-refractivity contribution is 7.89. The van der Waals surface area contributed by atoms with Crippen molar-refractivity contribution >= 4 is 21.6 Å². The number of halogens is 1. The third-order valence-electron chi connectivity index (χ3n) is 2.21. The zero-order chi connectivity index (χ0) is 13.9. The summed E-state index contributed by atoms with van der Waals surface area (Å²) in [5, 5.41) is 0.405. The summed E-state index contributed by atoms with van der Waals surface area (Å²) in [7, 11) is -3.61. The Balaban J connectivity index is 3.33. The van der Waals surface area contributed by atoms with Crippen LogP contribution in [0, 0.1) is 6.92 Å². The maximum atomic E-state index is 12.2. The number of hydrogen-bond acceptors (Lipinski definition) is 3. The van der Waals surface area contributed by atoms with E-state index in [4.69, 9.17) is 16.3 Å². The van der Waals surface area contributed by atoms with Crippen LogP contribution in [0.15, 0.2) is 17.0 Å². The molecular weight excluding hydrogens is 274 g/mol. The first-order valence-corrected chi connectivity index (χ1v) is 7.59. The van der Waals surface area contributed by atoms with Gasteiger partial charge in [0.05, 0.1) is 6.61 Å². The maximum absolute atomic E-state index is 12.2. The van der Waals surface area contributed by atoms with Crippen LogP contribution in [0.1, 0.15) is 26.3 Å². The van der Waals surface area contributed by atoms with Crippen LogP contribution in [0.2, 0.25) is 5.02 Å². The molecule has 0 unspecified atom stereocenters. The molecule has 0 amide bonds. The molecule has 0 aromatic heterocycles. The number of hydrogen-bond donors (Lipinski definition) is 1. The van der Waals surface area contributed by atoms with E-state index < -0.39 is 10.0 Å². The highest BCUT2D eigenvalue weighted by Gasteiger charge is 2.22. The molecule has 0 aliphatic carbocycles. The van der Waals surface area contributed by atoms with Crippen LogP contribution in [0.25, 0.3) is 0 Å². The molecule has 0 saturated carbocycles. The van der Waals surface area contributed by atoms with E-state index in [1.807, 2.05) is 0 Å². The molecule has 0 bridgehead atoms. The molecule has 0 aliphatic heterocycles. The van der Waals surface area contributed by atoms with Gasteiger partial charge in [0, 0.05) is 11.1 Å². The second kappa shape index (κ2) is 5.91. The van der Waals surface area contributed by atoms with Crippen molar-refractivity contribution in [3.05, 3.63) is 22.7 Å². The van der Waals surface area contributed by atoms with Crippen LogP contribution in [0.3, 0.4) is 0 Å². The summed E-state index contributed by atoms with van der Waals surface area (Å²) in [5.41, 5.74) is 0.781. The molecule has 0 heterocycles. The van der Waals surface area contributed by atoms with E-state index >= 15 is 0 Å². The third-order valence-corrected chi connectivity index (χ3v) is 4.29. The molecule has 1 aromatic carbocycles. The summed E-state index contributed by atoms with van der Waals surface area (Å²) in [4.78, 5) is 0.0775. The van der Waals surface area contributed by atoms with Crippen molar-refractivity contribution in [1.29, 1.82) is 0 Å². The van der Waals surface area contributed by atoms with Gasteiger partial charge in [0.25, 0.3) is 0 Å². The number of sulfonamides is 1. The number of rotatable bonds is 5. The minimum atomic E-state index is -3.61. The van der Waals surface area contributed by atoms with E-state index in [1.165, 1.54) is 6.07 Å². The minimum absolute atomic E-state index is 0.0775. The molecule has 0 fully saturated rings. The van der Waals surface area contributed by atoms with Gasteiger partial charge in [-0.05, 0) is 45.4 Å². The Morgan fingerprint density at radius 1 is 1.39 bits per heavy atom. The van der Waals surface area contributed by atoms with E-state index in [0.717, 1.165) is 5.56 Å². The van der Waals surface area contributed by atoms with E-state index in [-0.39, 0.29) is 10.9 Å². The fourth-order valence-corrected chi connectivity index (χ4v) is 3.12. The SMILES string of the molecule is CCOc1cc(C)c(Cl)cc1S(=O)(=O)NC(C)C. The Morgan fingerprint density at radius 2 is 2.00 bits per heavy atom. The molecule has 1 rings (SSSR count). The monoisotopic (exact) mass is 291 g/mol. The van der Waals surface area contributed by atoms with Gasteiger partial charge in [-0.1, -0.05) is 11.6 Å². The Morgan fingerprint density at radius 3 is 2.50 bits per heavy atom. The summed E-state index contributed by atoms with van der Waals surface area (Å²) >= 11 is 5.98. The minimum Gasteiger partial charge on any atom is -0.492 e. The highest BCUT2D eigenvalue weighted by atomic mass is 35.5. The summed E-state index contributed by atoms with van der Waals surface area (Å²) in [6, 6.07) is 2.87. The molecule has 6 heteroatoms. The summed E-state index contributed by atoms with van der Waals surface area (Å²) in [6.07, 6.45) is 0. The molecular formula is C12H18ClNO3S. The quantitative estimate of drug-likeness (QED) is 0.907. The Kier molecular flexibility index (Phi) is 5.01.